The lowest BCUT2D eigenvalue weighted by molar-refractivity contribution is -0.121. The molecule has 2 unspecified atom stereocenters. The maximum atomic E-state index is 12.4. The molecule has 118 valence electrons. The van der Waals surface area contributed by atoms with Crippen LogP contribution in [0.3, 0.4) is 0 Å². The Morgan fingerprint density at radius 3 is 2.64 bits per heavy atom. The number of aromatic hydroxyl groups is 1. The summed E-state index contributed by atoms with van der Waals surface area (Å²) >= 11 is 5.16. The van der Waals surface area contributed by atoms with E-state index in [1.54, 1.807) is 24.3 Å². The van der Waals surface area contributed by atoms with Gasteiger partial charge in [-0.3, -0.25) is 4.79 Å². The third kappa shape index (κ3) is 3.65. The molecule has 0 bridgehead atoms. The molecule has 0 saturated heterocycles. The van der Waals surface area contributed by atoms with Gasteiger partial charge in [0.2, 0.25) is 5.91 Å². The minimum atomic E-state index is -0.0647. The number of anilines is 1. The van der Waals surface area contributed by atoms with Crippen LogP contribution in [0.25, 0.3) is 0 Å². The van der Waals surface area contributed by atoms with Crippen molar-refractivity contribution >= 4 is 28.9 Å². The van der Waals surface area contributed by atoms with Crippen molar-refractivity contribution in [1.82, 2.24) is 5.32 Å². The molecule has 1 aromatic rings. The van der Waals surface area contributed by atoms with Gasteiger partial charge in [-0.05, 0) is 49.5 Å². The van der Waals surface area contributed by atoms with Crippen LogP contribution in [0, 0.1) is 17.3 Å². The number of phenolic OH excluding ortho intramolecular Hbond substituents is 1. The molecule has 0 aromatic heterocycles. The fourth-order valence-corrected chi connectivity index (χ4v) is 3.00. The lowest BCUT2D eigenvalue weighted by atomic mass is 10.1. The number of amides is 1. The van der Waals surface area contributed by atoms with Crippen LogP contribution in [0.5, 0.6) is 5.75 Å². The van der Waals surface area contributed by atoms with Crippen molar-refractivity contribution in [1.29, 1.82) is 0 Å². The maximum absolute atomic E-state index is 12.4. The predicted octanol–water partition coefficient (Wildman–Crippen LogP) is 3.44. The lowest BCUT2D eigenvalue weighted by Crippen LogP contribution is -2.36. The minimum Gasteiger partial charge on any atom is -0.508 e. The van der Waals surface area contributed by atoms with E-state index < -0.39 is 0 Å². The van der Waals surface area contributed by atoms with Crippen molar-refractivity contribution in [2.75, 3.05) is 5.32 Å². The molecule has 1 aliphatic carbocycles. The molecule has 2 atom stereocenters. The quantitative estimate of drug-likeness (QED) is 0.590. The van der Waals surface area contributed by atoms with E-state index in [9.17, 15) is 9.90 Å². The fraction of sp³-hybridized carbons (Fsp3) is 0.412. The molecule has 1 saturated carbocycles. The van der Waals surface area contributed by atoms with Gasteiger partial charge >= 0.3 is 0 Å². The highest BCUT2D eigenvalue weighted by molar-refractivity contribution is 7.80. The normalized spacial score (nSPS) is 21.6. The number of allylic oxidation sites excluding steroid dienone is 2. The zero-order valence-corrected chi connectivity index (χ0v) is 14.1. The third-order valence-electron chi connectivity index (χ3n) is 4.05. The van der Waals surface area contributed by atoms with Gasteiger partial charge in [-0.1, -0.05) is 31.6 Å². The van der Waals surface area contributed by atoms with Gasteiger partial charge in [-0.15, -0.1) is 0 Å². The highest BCUT2D eigenvalue weighted by Gasteiger charge is 2.60. The average molecular weight is 318 g/mol. The summed E-state index contributed by atoms with van der Waals surface area (Å²) in [6.45, 7) is 8.26. The smallest absolute Gasteiger partial charge is 0.230 e. The summed E-state index contributed by atoms with van der Waals surface area (Å²) < 4.78 is 0. The molecular formula is C17H22N2O2S. The second-order valence-corrected chi connectivity index (χ2v) is 6.97. The highest BCUT2D eigenvalue weighted by atomic mass is 32.1. The Hall–Kier alpha value is -1.88. The van der Waals surface area contributed by atoms with E-state index in [0.717, 1.165) is 0 Å². The maximum Gasteiger partial charge on any atom is 0.230 e. The largest absolute Gasteiger partial charge is 0.508 e. The van der Waals surface area contributed by atoms with Gasteiger partial charge in [0, 0.05) is 11.8 Å². The Morgan fingerprint density at radius 2 is 2.05 bits per heavy atom. The second kappa shape index (κ2) is 6.08. The Morgan fingerprint density at radius 1 is 1.36 bits per heavy atom. The van der Waals surface area contributed by atoms with Crippen LogP contribution < -0.4 is 10.6 Å². The number of rotatable bonds is 3. The molecule has 0 spiro atoms. The first-order chi connectivity index (χ1) is 10.2. The zero-order chi connectivity index (χ0) is 16.5. The first kappa shape index (κ1) is 16.5. The molecule has 5 heteroatoms. The number of phenols is 1. The van der Waals surface area contributed by atoms with Gasteiger partial charge in [-0.25, -0.2) is 0 Å². The van der Waals surface area contributed by atoms with E-state index in [2.05, 4.69) is 30.6 Å². The number of hydrogen-bond donors (Lipinski definition) is 3. The van der Waals surface area contributed by atoms with E-state index in [4.69, 9.17) is 12.2 Å². The van der Waals surface area contributed by atoms with Crippen molar-refractivity contribution in [2.24, 2.45) is 17.3 Å². The van der Waals surface area contributed by atoms with E-state index >= 15 is 0 Å². The third-order valence-corrected chi connectivity index (χ3v) is 4.25. The highest BCUT2D eigenvalue weighted by Crippen LogP contribution is 2.59. The van der Waals surface area contributed by atoms with Crippen LogP contribution in [0.2, 0.25) is 0 Å². The van der Waals surface area contributed by atoms with Crippen molar-refractivity contribution in [3.05, 3.63) is 35.9 Å². The molecular weight excluding hydrogens is 296 g/mol. The van der Waals surface area contributed by atoms with Crippen LogP contribution in [0.15, 0.2) is 35.9 Å². The predicted molar refractivity (Wildman–Crippen MR) is 92.7 cm³/mol. The van der Waals surface area contributed by atoms with E-state index in [-0.39, 0.29) is 34.0 Å². The van der Waals surface area contributed by atoms with Crippen molar-refractivity contribution in [2.45, 2.75) is 27.7 Å². The van der Waals surface area contributed by atoms with Gasteiger partial charge in [0.1, 0.15) is 5.75 Å². The summed E-state index contributed by atoms with van der Waals surface area (Å²) in [7, 11) is 0. The first-order valence-electron chi connectivity index (χ1n) is 7.27. The summed E-state index contributed by atoms with van der Waals surface area (Å²) in [4.78, 5) is 12.4. The molecule has 1 fully saturated rings. The number of benzene rings is 1. The summed E-state index contributed by atoms with van der Waals surface area (Å²) in [5.74, 6) is 0.267. The van der Waals surface area contributed by atoms with Crippen molar-refractivity contribution < 1.29 is 9.90 Å². The number of nitrogens with one attached hydrogen (secondary N) is 2. The van der Waals surface area contributed by atoms with E-state index in [0.29, 0.717) is 5.69 Å². The number of thiocarbonyl (C=S) groups is 1. The van der Waals surface area contributed by atoms with Crippen LogP contribution in [0.1, 0.15) is 27.7 Å². The molecule has 1 amide bonds. The molecule has 1 aromatic carbocycles. The van der Waals surface area contributed by atoms with E-state index in [1.807, 2.05) is 13.8 Å². The standard InChI is InChI=1S/C17H22N2O2S/c1-10(2)8-13-14(17(13,3)4)15(21)19-16(22)18-11-6-5-7-12(20)9-11/h5-9,13-14,20H,1-4H3,(H2,18,19,21,22). The van der Waals surface area contributed by atoms with E-state index in [1.165, 1.54) is 5.57 Å². The summed E-state index contributed by atoms with van der Waals surface area (Å²) in [6, 6.07) is 6.59. The molecule has 3 N–H and O–H groups in total. The first-order valence-corrected chi connectivity index (χ1v) is 7.68. The monoisotopic (exact) mass is 318 g/mol. The van der Waals surface area contributed by atoms with Gasteiger partial charge in [0.15, 0.2) is 5.11 Å². The Kier molecular flexibility index (Phi) is 4.56. The van der Waals surface area contributed by atoms with Crippen molar-refractivity contribution in [3.8, 4) is 5.75 Å². The molecule has 2 rings (SSSR count). The minimum absolute atomic E-state index is 0.0397. The Balaban J connectivity index is 1.95. The average Bonchev–Trinajstić information content (AvgIpc) is 2.89. The van der Waals surface area contributed by atoms with Crippen molar-refractivity contribution in [3.63, 3.8) is 0 Å². The van der Waals surface area contributed by atoms with Crippen LogP contribution in [0.4, 0.5) is 5.69 Å². The van der Waals surface area contributed by atoms with Gasteiger partial charge in [-0.2, -0.15) is 0 Å². The second-order valence-electron chi connectivity index (χ2n) is 6.56. The lowest BCUT2D eigenvalue weighted by Gasteiger charge is -2.10. The number of hydrogen-bond acceptors (Lipinski definition) is 3. The van der Waals surface area contributed by atoms with Gasteiger partial charge < -0.3 is 15.7 Å². The Labute approximate surface area is 136 Å². The van der Waals surface area contributed by atoms with Gasteiger partial charge in [0.25, 0.3) is 0 Å². The van der Waals surface area contributed by atoms with Crippen LogP contribution >= 0.6 is 12.2 Å². The summed E-state index contributed by atoms with van der Waals surface area (Å²) in [5.41, 5.74) is 1.82. The molecule has 0 aliphatic heterocycles. The topological polar surface area (TPSA) is 61.4 Å². The number of carbonyl (C=O) groups is 1. The Bertz CT molecular complexity index is 633. The molecule has 0 radical (unpaired) electrons. The van der Waals surface area contributed by atoms with Gasteiger partial charge in [0.05, 0.1) is 5.92 Å². The summed E-state index contributed by atoms with van der Waals surface area (Å²) in [5, 5.41) is 15.3. The van der Waals surface area contributed by atoms with Crippen LogP contribution in [-0.2, 0) is 4.79 Å². The fourth-order valence-electron chi connectivity index (χ4n) is 2.78. The molecule has 1 aliphatic rings. The summed E-state index contributed by atoms with van der Waals surface area (Å²) in [6.07, 6.45) is 2.15. The number of carbonyl (C=O) groups excluding carboxylic acids is 1. The molecule has 22 heavy (non-hydrogen) atoms. The molecule has 0 heterocycles. The zero-order valence-electron chi connectivity index (χ0n) is 13.3. The SMILES string of the molecule is CC(C)=CC1C(C(=O)NC(=S)Nc2cccc(O)c2)C1(C)C. The van der Waals surface area contributed by atoms with Crippen LogP contribution in [-0.4, -0.2) is 16.1 Å². The molecule has 4 nitrogen and oxygen atoms in total.